The second-order valence-corrected chi connectivity index (χ2v) is 7.88. The zero-order valence-corrected chi connectivity index (χ0v) is 15.3. The molecule has 1 aromatic rings. The average molecular weight is 345 g/mol. The van der Waals surface area contributed by atoms with Crippen molar-refractivity contribution in [3.05, 3.63) is 23.9 Å². The summed E-state index contributed by atoms with van der Waals surface area (Å²) in [4.78, 5) is 18.7. The largest absolute Gasteiger partial charge is 0.481 e. The number of anilines is 1. The van der Waals surface area contributed by atoms with Crippen LogP contribution in [0.15, 0.2) is 18.3 Å². The molecule has 0 bridgehead atoms. The van der Waals surface area contributed by atoms with Crippen LogP contribution in [0.2, 0.25) is 0 Å². The third-order valence-electron chi connectivity index (χ3n) is 6.02. The molecule has 0 amide bonds. The van der Waals surface area contributed by atoms with Crippen molar-refractivity contribution in [3.63, 3.8) is 0 Å². The van der Waals surface area contributed by atoms with Gasteiger partial charge in [0.15, 0.2) is 0 Å². The maximum Gasteiger partial charge on any atom is 0.309 e. The standard InChI is InChI=1S/C20H31N3O2/c1-16-5-6-18(21-15-16)22-17-7-12-23(13-8-17)14-11-20(19(24)25)9-3-2-4-10-20/h5-6,15,17H,2-4,7-14H2,1H3,(H,21,22)(H,24,25). The van der Waals surface area contributed by atoms with Gasteiger partial charge in [-0.15, -0.1) is 0 Å². The van der Waals surface area contributed by atoms with Gasteiger partial charge >= 0.3 is 5.97 Å². The maximum atomic E-state index is 11.8. The molecule has 0 unspecified atom stereocenters. The number of pyridine rings is 1. The van der Waals surface area contributed by atoms with E-state index in [4.69, 9.17) is 0 Å². The summed E-state index contributed by atoms with van der Waals surface area (Å²) in [6, 6.07) is 4.59. The van der Waals surface area contributed by atoms with Gasteiger partial charge < -0.3 is 15.3 Å². The van der Waals surface area contributed by atoms with Crippen molar-refractivity contribution in [2.75, 3.05) is 25.0 Å². The minimum Gasteiger partial charge on any atom is -0.481 e. The SMILES string of the molecule is Cc1ccc(NC2CCN(CCC3(C(=O)O)CCCCC3)CC2)nc1. The van der Waals surface area contributed by atoms with Crippen molar-refractivity contribution in [2.24, 2.45) is 5.41 Å². The monoisotopic (exact) mass is 345 g/mol. The van der Waals surface area contributed by atoms with Gasteiger partial charge in [0.25, 0.3) is 0 Å². The van der Waals surface area contributed by atoms with E-state index in [-0.39, 0.29) is 0 Å². The first-order chi connectivity index (χ1) is 12.1. The van der Waals surface area contributed by atoms with Crippen LogP contribution in [0.3, 0.4) is 0 Å². The quantitative estimate of drug-likeness (QED) is 0.823. The van der Waals surface area contributed by atoms with E-state index in [1.165, 1.54) is 12.0 Å². The van der Waals surface area contributed by atoms with Gasteiger partial charge in [-0.05, 0) is 57.2 Å². The molecule has 2 N–H and O–H groups in total. The van der Waals surface area contributed by atoms with Crippen LogP contribution < -0.4 is 5.32 Å². The van der Waals surface area contributed by atoms with E-state index >= 15 is 0 Å². The fourth-order valence-corrected chi connectivity index (χ4v) is 4.23. The lowest BCUT2D eigenvalue weighted by Gasteiger charge is -2.37. The smallest absolute Gasteiger partial charge is 0.309 e. The predicted molar refractivity (Wildman–Crippen MR) is 99.8 cm³/mol. The predicted octanol–water partition coefficient (Wildman–Crippen LogP) is 3.69. The van der Waals surface area contributed by atoms with Gasteiger partial charge in [-0.3, -0.25) is 4.79 Å². The number of piperidine rings is 1. The van der Waals surface area contributed by atoms with Crippen LogP contribution >= 0.6 is 0 Å². The Morgan fingerprint density at radius 3 is 2.60 bits per heavy atom. The molecule has 138 valence electrons. The molecule has 2 aliphatic rings. The summed E-state index contributed by atoms with van der Waals surface area (Å²) in [5, 5.41) is 13.2. The summed E-state index contributed by atoms with van der Waals surface area (Å²) >= 11 is 0. The lowest BCUT2D eigenvalue weighted by Crippen LogP contribution is -2.42. The molecule has 2 fully saturated rings. The number of carbonyl (C=O) groups is 1. The van der Waals surface area contributed by atoms with E-state index < -0.39 is 11.4 Å². The van der Waals surface area contributed by atoms with Crippen LogP contribution in [0.5, 0.6) is 0 Å². The summed E-state index contributed by atoms with van der Waals surface area (Å²) in [5.41, 5.74) is 0.717. The number of hydrogen-bond donors (Lipinski definition) is 2. The number of nitrogens with one attached hydrogen (secondary N) is 1. The summed E-state index contributed by atoms with van der Waals surface area (Å²) in [6.07, 6.45) is 9.94. The molecule has 0 radical (unpaired) electrons. The number of aliphatic carboxylic acids is 1. The first kappa shape index (κ1) is 18.2. The minimum atomic E-state index is -0.575. The summed E-state index contributed by atoms with van der Waals surface area (Å²) in [5.74, 6) is 0.380. The van der Waals surface area contributed by atoms with Gasteiger partial charge in [0, 0.05) is 25.3 Å². The Labute approximate surface area is 150 Å². The fraction of sp³-hybridized carbons (Fsp3) is 0.700. The van der Waals surface area contributed by atoms with Gasteiger partial charge in [0.2, 0.25) is 0 Å². The van der Waals surface area contributed by atoms with Crippen molar-refractivity contribution < 1.29 is 9.90 Å². The minimum absolute atomic E-state index is 0.459. The fourth-order valence-electron chi connectivity index (χ4n) is 4.23. The number of aryl methyl sites for hydroxylation is 1. The molecular formula is C20H31N3O2. The molecule has 1 aromatic heterocycles. The first-order valence-electron chi connectivity index (χ1n) is 9.72. The highest BCUT2D eigenvalue weighted by molar-refractivity contribution is 5.74. The number of aromatic nitrogens is 1. The molecule has 5 nitrogen and oxygen atoms in total. The van der Waals surface area contributed by atoms with Crippen LogP contribution in [0, 0.1) is 12.3 Å². The highest BCUT2D eigenvalue weighted by atomic mass is 16.4. The van der Waals surface area contributed by atoms with Gasteiger partial charge in [-0.25, -0.2) is 4.98 Å². The van der Waals surface area contributed by atoms with Crippen LogP contribution in [-0.4, -0.2) is 46.6 Å². The Morgan fingerprint density at radius 2 is 2.00 bits per heavy atom. The third-order valence-corrected chi connectivity index (χ3v) is 6.02. The molecule has 3 rings (SSSR count). The van der Waals surface area contributed by atoms with Crippen molar-refractivity contribution in [2.45, 2.75) is 64.3 Å². The number of carboxylic acids is 1. The first-order valence-corrected chi connectivity index (χ1v) is 9.72. The number of rotatable bonds is 6. The molecule has 25 heavy (non-hydrogen) atoms. The Kier molecular flexibility index (Phi) is 5.94. The van der Waals surface area contributed by atoms with Crippen molar-refractivity contribution in [1.29, 1.82) is 0 Å². The Bertz CT molecular complexity index is 559. The Balaban J connectivity index is 1.44. The Hall–Kier alpha value is -1.62. The molecule has 5 heteroatoms. The van der Waals surface area contributed by atoms with Gasteiger partial charge in [0.05, 0.1) is 5.41 Å². The molecule has 1 saturated heterocycles. The number of nitrogens with zero attached hydrogens (tertiary/aromatic N) is 2. The van der Waals surface area contributed by atoms with Gasteiger partial charge in [-0.2, -0.15) is 0 Å². The summed E-state index contributed by atoms with van der Waals surface area (Å²) < 4.78 is 0. The maximum absolute atomic E-state index is 11.8. The van der Waals surface area contributed by atoms with Crippen LogP contribution in [0.4, 0.5) is 5.82 Å². The van der Waals surface area contributed by atoms with Gasteiger partial charge in [-0.1, -0.05) is 25.3 Å². The normalized spacial score (nSPS) is 21.8. The van der Waals surface area contributed by atoms with E-state index in [0.29, 0.717) is 6.04 Å². The summed E-state index contributed by atoms with van der Waals surface area (Å²) in [6.45, 7) is 5.05. The molecule has 2 heterocycles. The lowest BCUT2D eigenvalue weighted by atomic mass is 9.71. The summed E-state index contributed by atoms with van der Waals surface area (Å²) in [7, 11) is 0. The number of carboxylic acid groups (broad SMARTS) is 1. The van der Waals surface area contributed by atoms with Crippen LogP contribution in [0.1, 0.15) is 56.9 Å². The van der Waals surface area contributed by atoms with E-state index in [0.717, 1.165) is 70.4 Å². The second-order valence-electron chi connectivity index (χ2n) is 7.88. The molecule has 0 aromatic carbocycles. The third kappa shape index (κ3) is 4.72. The number of likely N-dealkylation sites (tertiary alicyclic amines) is 1. The zero-order chi connectivity index (χ0) is 17.7. The van der Waals surface area contributed by atoms with Crippen molar-refractivity contribution in [1.82, 2.24) is 9.88 Å². The van der Waals surface area contributed by atoms with Crippen LogP contribution in [-0.2, 0) is 4.79 Å². The molecule has 0 atom stereocenters. The molecule has 1 aliphatic heterocycles. The van der Waals surface area contributed by atoms with Crippen LogP contribution in [0.25, 0.3) is 0 Å². The van der Waals surface area contributed by atoms with E-state index in [1.807, 2.05) is 19.2 Å². The second kappa shape index (κ2) is 8.17. The van der Waals surface area contributed by atoms with Gasteiger partial charge in [0.1, 0.15) is 5.82 Å². The molecule has 0 spiro atoms. The van der Waals surface area contributed by atoms with Crippen molar-refractivity contribution in [3.8, 4) is 0 Å². The van der Waals surface area contributed by atoms with E-state index in [2.05, 4.69) is 21.3 Å². The highest BCUT2D eigenvalue weighted by Gasteiger charge is 2.39. The highest BCUT2D eigenvalue weighted by Crippen LogP contribution is 2.39. The molecule has 1 aliphatic carbocycles. The Morgan fingerprint density at radius 1 is 1.28 bits per heavy atom. The van der Waals surface area contributed by atoms with Crippen molar-refractivity contribution >= 4 is 11.8 Å². The lowest BCUT2D eigenvalue weighted by molar-refractivity contribution is -0.152. The molecular weight excluding hydrogens is 314 g/mol. The van der Waals surface area contributed by atoms with E-state index in [9.17, 15) is 9.90 Å². The number of hydrogen-bond acceptors (Lipinski definition) is 4. The zero-order valence-electron chi connectivity index (χ0n) is 15.3. The van der Waals surface area contributed by atoms with E-state index in [1.54, 1.807) is 0 Å². The molecule has 1 saturated carbocycles. The average Bonchev–Trinajstić information content (AvgIpc) is 2.64. The topological polar surface area (TPSA) is 65.5 Å².